The quantitative estimate of drug-likeness (QED) is 0.610. The topological polar surface area (TPSA) is 72.5 Å². The maximum Gasteiger partial charge on any atom is 0.267 e. The molecule has 6 nitrogen and oxygen atoms in total. The van der Waals surface area contributed by atoms with Crippen molar-refractivity contribution in [3.05, 3.63) is 59.1 Å². The van der Waals surface area contributed by atoms with Crippen molar-refractivity contribution < 1.29 is 14.3 Å². The van der Waals surface area contributed by atoms with Crippen LogP contribution in [0.1, 0.15) is 22.3 Å². The van der Waals surface area contributed by atoms with Gasteiger partial charge in [-0.05, 0) is 38.1 Å². The van der Waals surface area contributed by atoms with E-state index in [0.717, 1.165) is 11.4 Å². The number of benzene rings is 2. The maximum absolute atomic E-state index is 12.6. The lowest BCUT2D eigenvalue weighted by Gasteiger charge is -2.09. The third-order valence-corrected chi connectivity index (χ3v) is 4.83. The Bertz CT molecular complexity index is 940. The van der Waals surface area contributed by atoms with Crippen LogP contribution in [-0.2, 0) is 0 Å². The van der Waals surface area contributed by atoms with Crippen LogP contribution < -0.4 is 20.1 Å². The van der Waals surface area contributed by atoms with Crippen LogP contribution in [0.3, 0.4) is 0 Å². The summed E-state index contributed by atoms with van der Waals surface area (Å²) in [5, 5.41) is 6.75. The summed E-state index contributed by atoms with van der Waals surface area (Å²) in [6.07, 6.45) is 0. The van der Waals surface area contributed by atoms with Gasteiger partial charge >= 0.3 is 0 Å². The van der Waals surface area contributed by atoms with E-state index >= 15 is 0 Å². The molecule has 0 aliphatic carbocycles. The summed E-state index contributed by atoms with van der Waals surface area (Å²) >= 11 is 1.30. The Morgan fingerprint density at radius 2 is 2.00 bits per heavy atom. The van der Waals surface area contributed by atoms with Crippen molar-refractivity contribution in [1.82, 2.24) is 4.98 Å². The van der Waals surface area contributed by atoms with Gasteiger partial charge in [0.15, 0.2) is 5.13 Å². The largest absolute Gasteiger partial charge is 0.497 e. The molecule has 3 aromatic rings. The number of carbonyl (C=O) groups is 1. The van der Waals surface area contributed by atoms with E-state index in [2.05, 4.69) is 15.6 Å². The van der Waals surface area contributed by atoms with Gasteiger partial charge in [0.05, 0.1) is 25.1 Å². The third-order valence-electron chi connectivity index (χ3n) is 3.76. The number of nitrogens with one attached hydrogen (secondary N) is 2. The first-order chi connectivity index (χ1) is 13.1. The van der Waals surface area contributed by atoms with E-state index in [4.69, 9.17) is 9.47 Å². The highest BCUT2D eigenvalue weighted by molar-refractivity contribution is 7.17. The fourth-order valence-corrected chi connectivity index (χ4v) is 3.39. The maximum atomic E-state index is 12.6. The Labute approximate surface area is 162 Å². The van der Waals surface area contributed by atoms with E-state index in [1.165, 1.54) is 11.3 Å². The van der Waals surface area contributed by atoms with Crippen LogP contribution in [0.4, 0.5) is 16.5 Å². The van der Waals surface area contributed by atoms with Crippen molar-refractivity contribution in [2.45, 2.75) is 13.8 Å². The van der Waals surface area contributed by atoms with Crippen LogP contribution in [0, 0.1) is 6.92 Å². The number of thiazole rings is 1. The molecule has 0 saturated heterocycles. The minimum absolute atomic E-state index is 0.204. The number of rotatable bonds is 7. The molecule has 1 amide bonds. The van der Waals surface area contributed by atoms with Crippen LogP contribution in [0.2, 0.25) is 0 Å². The first-order valence-corrected chi connectivity index (χ1v) is 9.34. The molecule has 1 heterocycles. The summed E-state index contributed by atoms with van der Waals surface area (Å²) in [7, 11) is 1.59. The van der Waals surface area contributed by atoms with Crippen LogP contribution >= 0.6 is 11.3 Å². The van der Waals surface area contributed by atoms with Gasteiger partial charge in [-0.2, -0.15) is 0 Å². The highest BCUT2D eigenvalue weighted by Gasteiger charge is 2.16. The molecule has 0 radical (unpaired) electrons. The van der Waals surface area contributed by atoms with E-state index in [9.17, 15) is 4.79 Å². The summed E-state index contributed by atoms with van der Waals surface area (Å²) in [4.78, 5) is 17.7. The van der Waals surface area contributed by atoms with E-state index < -0.39 is 0 Å². The van der Waals surface area contributed by atoms with Gasteiger partial charge in [-0.25, -0.2) is 4.98 Å². The highest BCUT2D eigenvalue weighted by Crippen LogP contribution is 2.31. The molecule has 0 aliphatic rings. The molecule has 0 saturated carbocycles. The van der Waals surface area contributed by atoms with Gasteiger partial charge in [0.2, 0.25) is 0 Å². The molecule has 0 bridgehead atoms. The molecule has 7 heteroatoms. The second-order valence-corrected chi connectivity index (χ2v) is 6.67. The van der Waals surface area contributed by atoms with Crippen LogP contribution in [0.15, 0.2) is 48.5 Å². The number of aryl methyl sites for hydroxylation is 1. The molecular weight excluding hydrogens is 362 g/mol. The lowest BCUT2D eigenvalue weighted by atomic mass is 10.3. The fourth-order valence-electron chi connectivity index (χ4n) is 2.52. The molecule has 0 atom stereocenters. The summed E-state index contributed by atoms with van der Waals surface area (Å²) in [6, 6.07) is 14.9. The zero-order chi connectivity index (χ0) is 19.2. The zero-order valence-electron chi connectivity index (χ0n) is 15.4. The predicted molar refractivity (Wildman–Crippen MR) is 109 cm³/mol. The first-order valence-electron chi connectivity index (χ1n) is 8.52. The van der Waals surface area contributed by atoms with Gasteiger partial charge in [0.1, 0.15) is 16.4 Å². The molecule has 27 heavy (non-hydrogen) atoms. The second kappa shape index (κ2) is 8.55. The monoisotopic (exact) mass is 383 g/mol. The van der Waals surface area contributed by atoms with Crippen molar-refractivity contribution >= 4 is 33.8 Å². The fraction of sp³-hybridized carbons (Fsp3) is 0.200. The lowest BCUT2D eigenvalue weighted by molar-refractivity contribution is 0.103. The van der Waals surface area contributed by atoms with Gasteiger partial charge in [0.25, 0.3) is 5.91 Å². The van der Waals surface area contributed by atoms with Crippen LogP contribution in [0.5, 0.6) is 11.5 Å². The molecule has 2 N–H and O–H groups in total. The summed E-state index contributed by atoms with van der Waals surface area (Å²) in [5.41, 5.74) is 2.15. The van der Waals surface area contributed by atoms with Gasteiger partial charge < -0.3 is 20.1 Å². The number of hydrogen-bond acceptors (Lipinski definition) is 6. The minimum Gasteiger partial charge on any atom is -0.497 e. The Kier molecular flexibility index (Phi) is 5.93. The molecule has 0 fully saturated rings. The SMILES string of the molecule is CCOc1ccccc1Nc1nc(C)c(C(=O)Nc2cccc(OC)c2)s1. The number of amides is 1. The lowest BCUT2D eigenvalue weighted by Crippen LogP contribution is -2.11. The number of methoxy groups -OCH3 is 1. The van der Waals surface area contributed by atoms with E-state index in [-0.39, 0.29) is 5.91 Å². The van der Waals surface area contributed by atoms with Crippen molar-refractivity contribution in [3.8, 4) is 11.5 Å². The average Bonchev–Trinajstić information content (AvgIpc) is 3.04. The standard InChI is InChI=1S/C20H21N3O3S/c1-4-26-17-11-6-5-10-16(17)23-20-21-13(2)18(27-20)19(24)22-14-8-7-9-15(12-14)25-3/h5-12H,4H2,1-3H3,(H,21,23)(H,22,24). The predicted octanol–water partition coefficient (Wildman–Crippen LogP) is 4.85. The molecule has 2 aromatic carbocycles. The Morgan fingerprint density at radius 3 is 2.78 bits per heavy atom. The number of aromatic nitrogens is 1. The van der Waals surface area contributed by atoms with E-state index in [1.54, 1.807) is 13.2 Å². The minimum atomic E-state index is -0.204. The van der Waals surface area contributed by atoms with Crippen LogP contribution in [0.25, 0.3) is 0 Å². The highest BCUT2D eigenvalue weighted by atomic mass is 32.1. The zero-order valence-corrected chi connectivity index (χ0v) is 16.2. The van der Waals surface area contributed by atoms with Crippen molar-refractivity contribution in [3.63, 3.8) is 0 Å². The summed E-state index contributed by atoms with van der Waals surface area (Å²) in [5.74, 6) is 1.23. The number of para-hydroxylation sites is 2. The van der Waals surface area contributed by atoms with Crippen LogP contribution in [-0.4, -0.2) is 24.6 Å². The average molecular weight is 383 g/mol. The smallest absolute Gasteiger partial charge is 0.267 e. The Balaban J connectivity index is 1.77. The van der Waals surface area contributed by atoms with Gasteiger partial charge in [0, 0.05) is 11.8 Å². The molecule has 3 rings (SSSR count). The molecule has 0 aliphatic heterocycles. The number of carbonyl (C=O) groups excluding carboxylic acids is 1. The molecular formula is C20H21N3O3S. The van der Waals surface area contributed by atoms with E-state index in [0.29, 0.717) is 33.7 Å². The second-order valence-electron chi connectivity index (χ2n) is 5.67. The number of ether oxygens (including phenoxy) is 2. The first kappa shape index (κ1) is 18.7. The Hall–Kier alpha value is -3.06. The number of nitrogens with zero attached hydrogens (tertiary/aromatic N) is 1. The van der Waals surface area contributed by atoms with Gasteiger partial charge in [-0.3, -0.25) is 4.79 Å². The third kappa shape index (κ3) is 4.57. The van der Waals surface area contributed by atoms with Gasteiger partial charge in [-0.15, -0.1) is 0 Å². The van der Waals surface area contributed by atoms with Crippen molar-refractivity contribution in [2.75, 3.05) is 24.4 Å². The normalized spacial score (nSPS) is 10.3. The molecule has 1 aromatic heterocycles. The van der Waals surface area contributed by atoms with Gasteiger partial charge in [-0.1, -0.05) is 29.5 Å². The van der Waals surface area contributed by atoms with Crippen molar-refractivity contribution in [1.29, 1.82) is 0 Å². The molecule has 140 valence electrons. The number of hydrogen-bond donors (Lipinski definition) is 2. The van der Waals surface area contributed by atoms with E-state index in [1.807, 2.05) is 56.3 Å². The van der Waals surface area contributed by atoms with Crippen molar-refractivity contribution in [2.24, 2.45) is 0 Å². The Morgan fingerprint density at radius 1 is 1.19 bits per heavy atom. The molecule has 0 unspecified atom stereocenters. The number of anilines is 3. The summed E-state index contributed by atoms with van der Waals surface area (Å²) in [6.45, 7) is 4.33. The summed E-state index contributed by atoms with van der Waals surface area (Å²) < 4.78 is 10.8. The molecule has 0 spiro atoms.